The Balaban J connectivity index is 2.01. The van der Waals surface area contributed by atoms with Crippen molar-refractivity contribution in [2.24, 2.45) is 35.5 Å². The Bertz CT molecular complexity index is 604. The minimum Gasteiger partial charge on any atom is -0.299 e. The zero-order valence-electron chi connectivity index (χ0n) is 13.0. The molecule has 3 saturated carbocycles. The van der Waals surface area contributed by atoms with E-state index in [0.717, 1.165) is 0 Å². The predicted molar refractivity (Wildman–Crippen MR) is 76.2 cm³/mol. The molecule has 3 aliphatic carbocycles. The lowest BCUT2D eigenvalue weighted by atomic mass is 9.70. The molecule has 0 amide bonds. The molecule has 6 atom stereocenters. The monoisotopic (exact) mass is 318 g/mol. The lowest BCUT2D eigenvalue weighted by Gasteiger charge is -2.29. The van der Waals surface area contributed by atoms with Crippen LogP contribution in [0, 0.1) is 35.5 Å². The predicted octanol–water partition coefficient (Wildman–Crippen LogP) is 0.349. The van der Waals surface area contributed by atoms with Crippen LogP contribution in [0.15, 0.2) is 0 Å². The van der Waals surface area contributed by atoms with Gasteiger partial charge in [0.2, 0.25) is 0 Å². The largest absolute Gasteiger partial charge is 0.299 e. The zero-order chi connectivity index (χ0) is 17.0. The van der Waals surface area contributed by atoms with Crippen LogP contribution in [0.5, 0.6) is 0 Å². The highest BCUT2D eigenvalue weighted by Crippen LogP contribution is 2.47. The highest BCUT2D eigenvalue weighted by atomic mass is 16.2. The van der Waals surface area contributed by atoms with Gasteiger partial charge >= 0.3 is 0 Å². The number of Topliss-reactive ketones (excluding diaryl/α,β-unsaturated/α-hetero) is 6. The number of carbonyl (C=O) groups is 6. The summed E-state index contributed by atoms with van der Waals surface area (Å²) < 4.78 is 0. The van der Waals surface area contributed by atoms with E-state index in [1.807, 2.05) is 0 Å². The van der Waals surface area contributed by atoms with Crippen molar-refractivity contribution in [3.63, 3.8) is 0 Å². The fraction of sp³-hybridized carbons (Fsp3) is 0.647. The molecule has 0 radical (unpaired) electrons. The fourth-order valence-electron chi connectivity index (χ4n) is 4.54. The number of rotatable bonds is 2. The van der Waals surface area contributed by atoms with E-state index in [1.165, 1.54) is 0 Å². The normalized spacial score (nSPS) is 41.5. The molecule has 6 heteroatoms. The molecule has 0 heterocycles. The molecular formula is C17H18O6. The quantitative estimate of drug-likeness (QED) is 0.681. The molecule has 23 heavy (non-hydrogen) atoms. The highest BCUT2D eigenvalue weighted by molar-refractivity contribution is 6.17. The molecule has 122 valence electrons. The van der Waals surface area contributed by atoms with E-state index >= 15 is 0 Å². The van der Waals surface area contributed by atoms with E-state index < -0.39 is 35.5 Å². The molecule has 0 spiro atoms. The van der Waals surface area contributed by atoms with Crippen molar-refractivity contribution in [2.75, 3.05) is 0 Å². The van der Waals surface area contributed by atoms with Crippen molar-refractivity contribution in [1.82, 2.24) is 0 Å². The third kappa shape index (κ3) is 2.23. The molecular weight excluding hydrogens is 300 g/mol. The van der Waals surface area contributed by atoms with Gasteiger partial charge in [-0.3, -0.25) is 28.8 Å². The third-order valence-corrected chi connectivity index (χ3v) is 5.79. The first-order chi connectivity index (χ1) is 10.7. The molecule has 0 aromatic rings. The maximum atomic E-state index is 12.4. The average Bonchev–Trinajstić information content (AvgIpc) is 2.96. The summed E-state index contributed by atoms with van der Waals surface area (Å²) in [6.07, 6.45) is -0.752. The summed E-state index contributed by atoms with van der Waals surface area (Å²) in [5.41, 5.74) is 0. The van der Waals surface area contributed by atoms with E-state index in [0.29, 0.717) is 0 Å². The number of carbonyl (C=O) groups excluding carboxylic acids is 6. The SMILES string of the molecule is CC1C(=O)CC(=O)C1C1C(=O)CC(=O)C1C1C(=O)CC(=O)C1C. The summed E-state index contributed by atoms with van der Waals surface area (Å²) in [6, 6.07) is 0. The van der Waals surface area contributed by atoms with Gasteiger partial charge in [0.25, 0.3) is 0 Å². The molecule has 3 rings (SSSR count). The number of hydrogen-bond acceptors (Lipinski definition) is 6. The van der Waals surface area contributed by atoms with Crippen molar-refractivity contribution in [3.8, 4) is 0 Å². The summed E-state index contributed by atoms with van der Waals surface area (Å²) in [5, 5.41) is 0. The zero-order valence-corrected chi connectivity index (χ0v) is 13.0. The van der Waals surface area contributed by atoms with Gasteiger partial charge in [0.15, 0.2) is 0 Å². The molecule has 6 nitrogen and oxygen atoms in total. The standard InChI is InChI=1S/C17H18O6/c1-6-8(18)3-10(20)14(6)16-12(22)5-13(23)17(16)15-7(2)9(19)4-11(15)21/h6-7,14-17H,3-5H2,1-2H3. The molecule has 6 unspecified atom stereocenters. The molecule has 3 aliphatic rings. The minimum absolute atomic E-state index is 0.219. The van der Waals surface area contributed by atoms with Crippen molar-refractivity contribution >= 4 is 34.7 Å². The Morgan fingerprint density at radius 2 is 0.739 bits per heavy atom. The molecule has 0 aliphatic heterocycles. The Hall–Kier alpha value is -1.98. The Morgan fingerprint density at radius 1 is 0.478 bits per heavy atom. The van der Waals surface area contributed by atoms with Crippen LogP contribution in [0.3, 0.4) is 0 Å². The van der Waals surface area contributed by atoms with E-state index in [9.17, 15) is 28.8 Å². The van der Waals surface area contributed by atoms with Gasteiger partial charge in [0, 0.05) is 35.5 Å². The van der Waals surface area contributed by atoms with Gasteiger partial charge in [-0.25, -0.2) is 0 Å². The van der Waals surface area contributed by atoms with Gasteiger partial charge in [-0.1, -0.05) is 13.8 Å². The number of ketones is 6. The first kappa shape index (κ1) is 15.9. The van der Waals surface area contributed by atoms with Gasteiger partial charge < -0.3 is 0 Å². The third-order valence-electron chi connectivity index (χ3n) is 5.79. The van der Waals surface area contributed by atoms with Crippen molar-refractivity contribution in [3.05, 3.63) is 0 Å². The molecule has 0 saturated heterocycles. The van der Waals surface area contributed by atoms with Crippen LogP contribution in [0.1, 0.15) is 33.1 Å². The second-order valence-corrected chi connectivity index (χ2v) is 7.01. The Kier molecular flexibility index (Phi) is 3.65. The van der Waals surface area contributed by atoms with Crippen LogP contribution >= 0.6 is 0 Å². The second-order valence-electron chi connectivity index (χ2n) is 7.01. The smallest absolute Gasteiger partial charge is 0.144 e. The van der Waals surface area contributed by atoms with Gasteiger partial charge in [0.05, 0.1) is 19.3 Å². The molecule has 0 aromatic carbocycles. The van der Waals surface area contributed by atoms with Gasteiger partial charge in [-0.05, 0) is 0 Å². The summed E-state index contributed by atoms with van der Waals surface area (Å²) in [5.74, 6) is -6.63. The van der Waals surface area contributed by atoms with Gasteiger partial charge in [0.1, 0.15) is 34.7 Å². The van der Waals surface area contributed by atoms with E-state index in [2.05, 4.69) is 0 Å². The van der Waals surface area contributed by atoms with E-state index in [1.54, 1.807) is 13.8 Å². The highest BCUT2D eigenvalue weighted by Gasteiger charge is 2.59. The topological polar surface area (TPSA) is 102 Å². The van der Waals surface area contributed by atoms with E-state index in [-0.39, 0.29) is 54.0 Å². The lowest BCUT2D eigenvalue weighted by Crippen LogP contribution is -2.39. The van der Waals surface area contributed by atoms with Crippen LogP contribution in [-0.2, 0) is 28.8 Å². The van der Waals surface area contributed by atoms with Crippen LogP contribution in [-0.4, -0.2) is 34.7 Å². The average molecular weight is 318 g/mol. The van der Waals surface area contributed by atoms with Crippen molar-refractivity contribution in [1.29, 1.82) is 0 Å². The summed E-state index contributed by atoms with van der Waals surface area (Å²) >= 11 is 0. The van der Waals surface area contributed by atoms with Crippen LogP contribution < -0.4 is 0 Å². The molecule has 3 fully saturated rings. The summed E-state index contributed by atoms with van der Waals surface area (Å²) in [6.45, 7) is 3.19. The first-order valence-electron chi connectivity index (χ1n) is 7.90. The van der Waals surface area contributed by atoms with Crippen LogP contribution in [0.2, 0.25) is 0 Å². The Morgan fingerprint density at radius 3 is 1.00 bits per heavy atom. The fourth-order valence-corrected chi connectivity index (χ4v) is 4.54. The van der Waals surface area contributed by atoms with Crippen molar-refractivity contribution < 1.29 is 28.8 Å². The van der Waals surface area contributed by atoms with Crippen LogP contribution in [0.4, 0.5) is 0 Å². The molecule has 0 bridgehead atoms. The van der Waals surface area contributed by atoms with Crippen LogP contribution in [0.25, 0.3) is 0 Å². The maximum Gasteiger partial charge on any atom is 0.144 e. The number of hydrogen-bond donors (Lipinski definition) is 0. The first-order valence-corrected chi connectivity index (χ1v) is 7.90. The second kappa shape index (κ2) is 5.28. The Labute approximate surface area is 133 Å². The maximum absolute atomic E-state index is 12.4. The lowest BCUT2D eigenvalue weighted by molar-refractivity contribution is -0.135. The summed E-state index contributed by atoms with van der Waals surface area (Å²) in [4.78, 5) is 72.7. The minimum atomic E-state index is -0.932. The van der Waals surface area contributed by atoms with Crippen molar-refractivity contribution in [2.45, 2.75) is 33.1 Å². The summed E-state index contributed by atoms with van der Waals surface area (Å²) in [7, 11) is 0. The van der Waals surface area contributed by atoms with E-state index in [4.69, 9.17) is 0 Å². The molecule has 0 N–H and O–H groups in total. The van der Waals surface area contributed by atoms with Gasteiger partial charge in [-0.2, -0.15) is 0 Å². The molecule has 0 aromatic heterocycles. The van der Waals surface area contributed by atoms with Gasteiger partial charge in [-0.15, -0.1) is 0 Å².